The lowest BCUT2D eigenvalue weighted by Gasteiger charge is -2.24. The van der Waals surface area contributed by atoms with Gasteiger partial charge in [0.25, 0.3) is 0 Å². The van der Waals surface area contributed by atoms with Crippen molar-refractivity contribution in [3.8, 4) is 0 Å². The van der Waals surface area contributed by atoms with Gasteiger partial charge in [0, 0.05) is 12.5 Å². The fraction of sp³-hybridized carbons (Fsp3) is 0.643. The minimum Gasteiger partial charge on any atom is -0.396 e. The maximum absolute atomic E-state index is 10.5. The first kappa shape index (κ1) is 16.4. The third kappa shape index (κ3) is 2.47. The number of imidazole rings is 1. The Labute approximate surface area is 137 Å². The molecule has 1 saturated carbocycles. The molecule has 1 aliphatic rings. The maximum atomic E-state index is 10.5. The summed E-state index contributed by atoms with van der Waals surface area (Å²) in [4.78, 5) is 12.9. The van der Waals surface area contributed by atoms with Gasteiger partial charge in [-0.15, -0.1) is 0 Å². The molecule has 1 fully saturated rings. The minimum atomic E-state index is -0.997. The number of nitrogens with two attached hydrogens (primary N) is 1. The van der Waals surface area contributed by atoms with Crippen molar-refractivity contribution < 1.29 is 15.3 Å². The molecule has 0 radical (unpaired) electrons. The van der Waals surface area contributed by atoms with E-state index in [0.717, 1.165) is 0 Å². The third-order valence-electron chi connectivity index (χ3n) is 4.74. The number of hydrogen-bond donors (Lipinski definition) is 4. The second-order valence-electron chi connectivity index (χ2n) is 5.81. The molecule has 1 aliphatic carbocycles. The maximum Gasteiger partial charge on any atom is 0.191 e. The number of hydrogen-bond acceptors (Lipinski definition) is 8. The molecule has 0 unspecified atom stereocenters. The molecule has 5 N–H and O–H groups in total. The third-order valence-corrected chi connectivity index (χ3v) is 5.29. The number of anilines is 1. The van der Waals surface area contributed by atoms with Gasteiger partial charge in [-0.3, -0.25) is 0 Å². The molecule has 0 spiro atoms. The molecular formula is C14H21N5O3S. The van der Waals surface area contributed by atoms with Crippen molar-refractivity contribution in [3.63, 3.8) is 0 Å². The van der Waals surface area contributed by atoms with Crippen LogP contribution in [0.15, 0.2) is 11.5 Å². The summed E-state index contributed by atoms with van der Waals surface area (Å²) in [5.41, 5.74) is 6.95. The summed E-state index contributed by atoms with van der Waals surface area (Å²) in [6.07, 6.45) is 2.16. The molecule has 8 nitrogen and oxygen atoms in total. The van der Waals surface area contributed by atoms with Gasteiger partial charge in [-0.1, -0.05) is 25.1 Å². The zero-order chi connectivity index (χ0) is 16.7. The van der Waals surface area contributed by atoms with Crippen molar-refractivity contribution in [1.29, 1.82) is 0 Å². The molecular weight excluding hydrogens is 318 g/mol. The number of rotatable bonds is 4. The summed E-state index contributed by atoms with van der Waals surface area (Å²) >= 11 is 1.37. The molecule has 2 heterocycles. The molecule has 3 rings (SSSR count). The van der Waals surface area contributed by atoms with Crippen LogP contribution in [0.2, 0.25) is 0 Å². The van der Waals surface area contributed by atoms with E-state index >= 15 is 0 Å². The average Bonchev–Trinajstić information content (AvgIpc) is 3.07. The van der Waals surface area contributed by atoms with Crippen LogP contribution in [0, 0.1) is 11.8 Å². The highest BCUT2D eigenvalue weighted by atomic mass is 32.2. The van der Waals surface area contributed by atoms with Crippen LogP contribution in [0.4, 0.5) is 5.82 Å². The number of nitrogen functional groups attached to an aromatic ring is 1. The predicted molar refractivity (Wildman–Crippen MR) is 86.9 cm³/mol. The summed E-state index contributed by atoms with van der Waals surface area (Å²) in [6.45, 7) is 1.80. The first-order chi connectivity index (χ1) is 11.0. The van der Waals surface area contributed by atoms with Gasteiger partial charge in [-0.25, -0.2) is 15.0 Å². The van der Waals surface area contributed by atoms with E-state index < -0.39 is 18.2 Å². The van der Waals surface area contributed by atoms with Crippen molar-refractivity contribution in [1.82, 2.24) is 19.5 Å². The Morgan fingerprint density at radius 1 is 1.26 bits per heavy atom. The Bertz CT molecular complexity index is 709. The Morgan fingerprint density at radius 2 is 2.00 bits per heavy atom. The van der Waals surface area contributed by atoms with Crippen LogP contribution in [0.25, 0.3) is 11.2 Å². The zero-order valence-corrected chi connectivity index (χ0v) is 13.8. The van der Waals surface area contributed by atoms with Crippen LogP contribution in [-0.2, 0) is 0 Å². The number of aromatic nitrogens is 4. The first-order valence-electron chi connectivity index (χ1n) is 7.54. The van der Waals surface area contributed by atoms with E-state index in [-0.39, 0.29) is 24.3 Å². The number of fused-ring (bicyclic) bond motifs is 1. The highest BCUT2D eigenvalue weighted by molar-refractivity contribution is 7.98. The van der Waals surface area contributed by atoms with Gasteiger partial charge in [0.05, 0.1) is 18.5 Å². The van der Waals surface area contributed by atoms with Gasteiger partial charge in [-0.2, -0.15) is 0 Å². The lowest BCUT2D eigenvalue weighted by molar-refractivity contribution is -0.00455. The summed E-state index contributed by atoms with van der Waals surface area (Å²) in [5.74, 6) is -0.175. The van der Waals surface area contributed by atoms with Gasteiger partial charge >= 0.3 is 0 Å². The SMILES string of the molecule is CC[C@H]1[C@H](CO)[C@@H](O)[C@@H](O)[C@@H]1n1cnc2c(N)nc(SC)nc21. The van der Waals surface area contributed by atoms with Gasteiger partial charge < -0.3 is 25.6 Å². The largest absolute Gasteiger partial charge is 0.396 e. The number of aliphatic hydroxyl groups excluding tert-OH is 3. The molecule has 0 saturated heterocycles. The average molecular weight is 339 g/mol. The Kier molecular flexibility index (Phi) is 4.45. The van der Waals surface area contributed by atoms with Crippen LogP contribution in [-0.4, -0.2) is 59.9 Å². The van der Waals surface area contributed by atoms with Crippen molar-refractivity contribution in [2.75, 3.05) is 18.6 Å². The molecule has 9 heteroatoms. The lowest BCUT2D eigenvalue weighted by Crippen LogP contribution is -2.30. The summed E-state index contributed by atoms with van der Waals surface area (Å²) in [5, 5.41) is 30.8. The van der Waals surface area contributed by atoms with Gasteiger partial charge in [0.2, 0.25) is 0 Å². The molecule has 0 aromatic carbocycles. The molecule has 2 aromatic rings. The highest BCUT2D eigenvalue weighted by Crippen LogP contribution is 2.43. The number of aliphatic hydroxyl groups is 3. The molecule has 0 bridgehead atoms. The van der Waals surface area contributed by atoms with Crippen LogP contribution < -0.4 is 5.73 Å². The Balaban J connectivity index is 2.13. The van der Waals surface area contributed by atoms with Crippen LogP contribution in [0.5, 0.6) is 0 Å². The smallest absolute Gasteiger partial charge is 0.191 e. The summed E-state index contributed by atoms with van der Waals surface area (Å²) in [7, 11) is 0. The Hall–Kier alpha value is -1.42. The highest BCUT2D eigenvalue weighted by Gasteiger charge is 2.49. The predicted octanol–water partition coefficient (Wildman–Crippen LogP) is 0.0416. The quantitative estimate of drug-likeness (QED) is 0.454. The van der Waals surface area contributed by atoms with Crippen LogP contribution in [0.3, 0.4) is 0 Å². The second-order valence-corrected chi connectivity index (χ2v) is 6.58. The van der Waals surface area contributed by atoms with E-state index in [2.05, 4.69) is 15.0 Å². The molecule has 5 atom stereocenters. The summed E-state index contributed by atoms with van der Waals surface area (Å²) in [6, 6.07) is -0.416. The fourth-order valence-corrected chi connectivity index (χ4v) is 3.97. The normalized spacial score (nSPS) is 31.1. The van der Waals surface area contributed by atoms with Gasteiger partial charge in [-0.05, 0) is 12.2 Å². The molecule has 0 amide bonds. The van der Waals surface area contributed by atoms with E-state index in [0.29, 0.717) is 22.7 Å². The van der Waals surface area contributed by atoms with Crippen LogP contribution >= 0.6 is 11.8 Å². The van der Waals surface area contributed by atoms with Crippen molar-refractivity contribution >= 4 is 28.7 Å². The van der Waals surface area contributed by atoms with E-state index in [1.807, 2.05) is 13.2 Å². The van der Waals surface area contributed by atoms with E-state index in [9.17, 15) is 15.3 Å². The topological polar surface area (TPSA) is 130 Å². The summed E-state index contributed by atoms with van der Waals surface area (Å²) < 4.78 is 1.75. The zero-order valence-electron chi connectivity index (χ0n) is 13.0. The van der Waals surface area contributed by atoms with Gasteiger partial charge in [0.1, 0.15) is 11.6 Å². The first-order valence-corrected chi connectivity index (χ1v) is 8.76. The van der Waals surface area contributed by atoms with Gasteiger partial charge in [0.15, 0.2) is 16.6 Å². The van der Waals surface area contributed by atoms with E-state index in [4.69, 9.17) is 5.73 Å². The minimum absolute atomic E-state index is 0.0867. The van der Waals surface area contributed by atoms with Crippen LogP contribution in [0.1, 0.15) is 19.4 Å². The molecule has 2 aromatic heterocycles. The Morgan fingerprint density at radius 3 is 2.61 bits per heavy atom. The monoisotopic (exact) mass is 339 g/mol. The second kappa shape index (κ2) is 6.23. The van der Waals surface area contributed by atoms with E-state index in [1.54, 1.807) is 10.9 Å². The molecule has 23 heavy (non-hydrogen) atoms. The number of nitrogens with zero attached hydrogens (tertiary/aromatic N) is 4. The molecule has 126 valence electrons. The van der Waals surface area contributed by atoms with Crippen molar-refractivity contribution in [3.05, 3.63) is 6.33 Å². The van der Waals surface area contributed by atoms with E-state index in [1.165, 1.54) is 11.8 Å². The van der Waals surface area contributed by atoms with Crippen molar-refractivity contribution in [2.24, 2.45) is 11.8 Å². The standard InChI is InChI=1S/C14H21N5O3S/c1-3-6-7(4-20)10(21)11(22)9(6)19-5-16-8-12(15)17-14(23-2)18-13(8)19/h5-7,9-11,20-22H,3-4H2,1-2H3,(H2,15,17,18)/t6-,7-,9+,10+,11-/m0/s1. The molecule has 0 aliphatic heterocycles. The lowest BCUT2D eigenvalue weighted by atomic mass is 9.91. The van der Waals surface area contributed by atoms with Crippen molar-refractivity contribution in [2.45, 2.75) is 36.8 Å². The fourth-order valence-electron chi connectivity index (χ4n) is 3.60. The number of thioether (sulfide) groups is 1.